The summed E-state index contributed by atoms with van der Waals surface area (Å²) in [5, 5.41) is 3.10. The largest absolute Gasteiger partial charge is 0.486 e. The highest BCUT2D eigenvalue weighted by atomic mass is 32.1. The van der Waals surface area contributed by atoms with E-state index in [4.69, 9.17) is 4.74 Å². The van der Waals surface area contributed by atoms with E-state index in [0.29, 0.717) is 34.1 Å². The minimum Gasteiger partial charge on any atom is -0.486 e. The minimum atomic E-state index is -2.95. The van der Waals surface area contributed by atoms with Crippen LogP contribution in [0.4, 0.5) is 8.78 Å². The van der Waals surface area contributed by atoms with Gasteiger partial charge in [0.1, 0.15) is 11.6 Å². The number of ether oxygens (including phenoxy) is 1. The van der Waals surface area contributed by atoms with E-state index in [9.17, 15) is 8.78 Å². The van der Waals surface area contributed by atoms with Crippen LogP contribution in [0.5, 0.6) is 0 Å². The Hall–Kier alpha value is -2.15. The zero-order valence-corrected chi connectivity index (χ0v) is 18.5. The molecule has 4 nitrogen and oxygen atoms in total. The van der Waals surface area contributed by atoms with E-state index < -0.39 is 12.5 Å². The number of hydrogen-bond acceptors (Lipinski definition) is 4. The average molecular weight is 412 g/mol. The van der Waals surface area contributed by atoms with Crippen LogP contribution in [-0.4, -0.2) is 31.6 Å². The van der Waals surface area contributed by atoms with Crippen molar-refractivity contribution in [2.45, 2.75) is 47.0 Å². The van der Waals surface area contributed by atoms with E-state index in [2.05, 4.69) is 41.1 Å². The highest BCUT2D eigenvalue weighted by Crippen LogP contribution is 2.28. The van der Waals surface area contributed by atoms with Gasteiger partial charge >= 0.3 is 0 Å². The molecule has 0 amide bonds. The Labute approximate surface area is 173 Å². The Morgan fingerprint density at radius 1 is 1.25 bits per heavy atom. The normalized spacial score (nSPS) is 14.8. The van der Waals surface area contributed by atoms with Gasteiger partial charge in [-0.1, -0.05) is 26.2 Å². The lowest BCUT2D eigenvalue weighted by Crippen LogP contribution is -2.21. The first-order chi connectivity index (χ1) is 13.0. The third kappa shape index (κ3) is 9.17. The van der Waals surface area contributed by atoms with Crippen molar-refractivity contribution in [2.24, 2.45) is 9.98 Å². The fourth-order valence-corrected chi connectivity index (χ4v) is 2.43. The maximum Gasteiger partial charge on any atom is 0.278 e. The molecule has 7 heteroatoms. The van der Waals surface area contributed by atoms with Gasteiger partial charge in [0, 0.05) is 31.5 Å². The summed E-state index contributed by atoms with van der Waals surface area (Å²) in [6.07, 6.45) is 5.74. The van der Waals surface area contributed by atoms with Crippen molar-refractivity contribution in [3.63, 3.8) is 0 Å². The van der Waals surface area contributed by atoms with Crippen molar-refractivity contribution in [2.75, 3.05) is 13.7 Å². The van der Waals surface area contributed by atoms with Gasteiger partial charge in [0.25, 0.3) is 5.92 Å². The van der Waals surface area contributed by atoms with Gasteiger partial charge in [-0.3, -0.25) is 4.99 Å². The Morgan fingerprint density at radius 2 is 1.86 bits per heavy atom. The van der Waals surface area contributed by atoms with Crippen LogP contribution in [0.1, 0.15) is 41.0 Å². The second kappa shape index (κ2) is 12.3. The van der Waals surface area contributed by atoms with E-state index in [1.54, 1.807) is 33.2 Å². The van der Waals surface area contributed by atoms with Crippen molar-refractivity contribution in [3.05, 3.63) is 58.5 Å². The predicted molar refractivity (Wildman–Crippen MR) is 119 cm³/mol. The number of allylic oxidation sites excluding steroid dienone is 4. The smallest absolute Gasteiger partial charge is 0.278 e. The number of rotatable bonds is 10. The fourth-order valence-electron chi connectivity index (χ4n) is 2.03. The summed E-state index contributed by atoms with van der Waals surface area (Å²) in [6, 6.07) is 0. The van der Waals surface area contributed by atoms with Gasteiger partial charge in [-0.25, -0.2) is 13.8 Å². The summed E-state index contributed by atoms with van der Waals surface area (Å²) < 4.78 is 31.6. The SMILES string of the molecule is C=C(N/C(C)=N/C(C(=C)CC)=C(S)/C(=C\C)OCC(C)(F)F)C(/C=N\C)=C/C. The first kappa shape index (κ1) is 25.9. The first-order valence-electron chi connectivity index (χ1n) is 8.89. The van der Waals surface area contributed by atoms with E-state index in [1.165, 1.54) is 0 Å². The third-order valence-electron chi connectivity index (χ3n) is 3.50. The van der Waals surface area contributed by atoms with Crippen molar-refractivity contribution >= 4 is 24.7 Å². The summed E-state index contributed by atoms with van der Waals surface area (Å²) in [5.74, 6) is -2.19. The molecule has 0 aliphatic heterocycles. The molecule has 0 aromatic rings. The lowest BCUT2D eigenvalue weighted by atomic mass is 10.1. The zero-order chi connectivity index (χ0) is 21.9. The molecule has 0 radical (unpaired) electrons. The number of amidine groups is 1. The highest BCUT2D eigenvalue weighted by molar-refractivity contribution is 7.84. The summed E-state index contributed by atoms with van der Waals surface area (Å²) in [6.45, 7) is 15.3. The van der Waals surface area contributed by atoms with Gasteiger partial charge in [0.15, 0.2) is 6.61 Å². The summed E-state index contributed by atoms with van der Waals surface area (Å²) >= 11 is 4.47. The van der Waals surface area contributed by atoms with Gasteiger partial charge in [-0.05, 0) is 38.8 Å². The fraction of sp³-hybridized carbons (Fsp3) is 0.429. The molecule has 0 saturated carbocycles. The number of halogens is 2. The molecular formula is C21H31F2N3OS. The number of thiol groups is 1. The summed E-state index contributed by atoms with van der Waals surface area (Å²) in [7, 11) is 1.68. The van der Waals surface area contributed by atoms with E-state index in [0.717, 1.165) is 12.5 Å². The standard InChI is InChI=1S/C21H31F2N3OS/c1-9-14(4)19(20(28)18(11-3)27-13-21(7,22)23)26-16(6)25-15(5)17(10-2)12-24-8/h10-12,28H,4-5,9,13H2,1-3,6-8H3,(H,25,26)/b17-10+,18-11+,20-19-,24-12-. The summed E-state index contributed by atoms with van der Waals surface area (Å²) in [5.41, 5.74) is 2.61. The Morgan fingerprint density at radius 3 is 2.29 bits per heavy atom. The van der Waals surface area contributed by atoms with E-state index in [-0.39, 0.29) is 5.76 Å². The van der Waals surface area contributed by atoms with Crippen molar-refractivity contribution in [3.8, 4) is 0 Å². The van der Waals surface area contributed by atoms with E-state index in [1.807, 2.05) is 19.9 Å². The topological polar surface area (TPSA) is 46.0 Å². The number of hydrogen-bond donors (Lipinski definition) is 2. The van der Waals surface area contributed by atoms with Crippen LogP contribution < -0.4 is 5.32 Å². The summed E-state index contributed by atoms with van der Waals surface area (Å²) in [4.78, 5) is 8.87. The molecule has 0 heterocycles. The maximum absolute atomic E-state index is 13.2. The van der Waals surface area contributed by atoms with Crippen LogP contribution in [0, 0.1) is 0 Å². The molecule has 0 aliphatic carbocycles. The molecule has 156 valence electrons. The van der Waals surface area contributed by atoms with Crippen LogP contribution in [0.3, 0.4) is 0 Å². The molecule has 0 fully saturated rings. The number of alkyl halides is 2. The average Bonchev–Trinajstić information content (AvgIpc) is 2.62. The Bertz CT molecular complexity index is 726. The van der Waals surface area contributed by atoms with Gasteiger partial charge in [-0.2, -0.15) is 0 Å². The third-order valence-corrected chi connectivity index (χ3v) is 3.93. The quantitative estimate of drug-likeness (QED) is 0.156. The maximum atomic E-state index is 13.2. The molecule has 0 aliphatic rings. The zero-order valence-electron chi connectivity index (χ0n) is 17.6. The van der Waals surface area contributed by atoms with Crippen molar-refractivity contribution < 1.29 is 13.5 Å². The van der Waals surface area contributed by atoms with Crippen LogP contribution in [0.25, 0.3) is 0 Å². The second-order valence-electron chi connectivity index (χ2n) is 6.10. The predicted octanol–water partition coefficient (Wildman–Crippen LogP) is 5.84. The number of nitrogens with one attached hydrogen (secondary N) is 1. The Kier molecular flexibility index (Phi) is 11.4. The van der Waals surface area contributed by atoms with Crippen LogP contribution in [0.15, 0.2) is 68.5 Å². The molecular weight excluding hydrogens is 380 g/mol. The number of nitrogens with zero attached hydrogens (tertiary/aromatic N) is 2. The molecule has 0 saturated heterocycles. The lowest BCUT2D eigenvalue weighted by Gasteiger charge is -2.17. The highest BCUT2D eigenvalue weighted by Gasteiger charge is 2.23. The molecule has 0 bridgehead atoms. The molecule has 0 spiro atoms. The lowest BCUT2D eigenvalue weighted by molar-refractivity contribution is -0.0419. The van der Waals surface area contributed by atoms with Gasteiger partial charge < -0.3 is 10.1 Å². The van der Waals surface area contributed by atoms with Crippen molar-refractivity contribution in [1.82, 2.24) is 5.32 Å². The van der Waals surface area contributed by atoms with Crippen LogP contribution in [-0.2, 0) is 4.74 Å². The van der Waals surface area contributed by atoms with Crippen molar-refractivity contribution in [1.29, 1.82) is 0 Å². The molecule has 0 aromatic heterocycles. The van der Waals surface area contributed by atoms with E-state index >= 15 is 0 Å². The minimum absolute atomic E-state index is 0.220. The van der Waals surface area contributed by atoms with Crippen LogP contribution >= 0.6 is 12.6 Å². The van der Waals surface area contributed by atoms with Gasteiger partial charge in [0.2, 0.25) is 0 Å². The molecule has 28 heavy (non-hydrogen) atoms. The molecule has 1 N–H and O–H groups in total. The van der Waals surface area contributed by atoms with Gasteiger partial charge in [-0.15, -0.1) is 12.6 Å². The Balaban J connectivity index is 5.83. The van der Waals surface area contributed by atoms with Crippen LogP contribution in [0.2, 0.25) is 0 Å². The molecule has 0 atom stereocenters. The second-order valence-corrected chi connectivity index (χ2v) is 6.55. The molecule has 0 unspecified atom stereocenters. The molecule has 0 rings (SSSR count). The van der Waals surface area contributed by atoms with Gasteiger partial charge in [0.05, 0.1) is 10.6 Å². The monoisotopic (exact) mass is 411 g/mol. The first-order valence-corrected chi connectivity index (χ1v) is 9.34. The number of aliphatic imine (C=N–C) groups is 2. The molecule has 0 aromatic carbocycles.